The molecule has 0 amide bonds. The number of carbonyl (C=O) groups is 1. The van der Waals surface area contributed by atoms with Crippen LogP contribution in [-0.4, -0.2) is 5.97 Å². The van der Waals surface area contributed by atoms with E-state index in [2.05, 4.69) is 6.58 Å². The Kier molecular flexibility index (Phi) is 5.35. The summed E-state index contributed by atoms with van der Waals surface area (Å²) in [6.07, 6.45) is 5.40. The number of hydrogen-bond acceptors (Lipinski definition) is 3. The topological polar surface area (TPSA) is 35.5 Å². The van der Waals surface area contributed by atoms with Crippen molar-refractivity contribution in [2.45, 2.75) is 6.42 Å². The molecule has 0 N–H and O–H groups in total. The summed E-state index contributed by atoms with van der Waals surface area (Å²) in [5.41, 5.74) is 1.83. The average molecular weight is 280 g/mol. The monoisotopic (exact) mass is 280 g/mol. The highest BCUT2D eigenvalue weighted by Gasteiger charge is 2.05. The molecule has 0 atom stereocenters. The zero-order valence-electron chi connectivity index (χ0n) is 11.6. The summed E-state index contributed by atoms with van der Waals surface area (Å²) in [5.74, 6) is -0.0499. The normalized spacial score (nSPS) is 10.3. The minimum absolute atomic E-state index is 0.513. The molecule has 3 nitrogen and oxygen atoms in total. The van der Waals surface area contributed by atoms with Crippen molar-refractivity contribution in [2.75, 3.05) is 0 Å². The van der Waals surface area contributed by atoms with Gasteiger partial charge in [-0.1, -0.05) is 54.6 Å². The van der Waals surface area contributed by atoms with Crippen LogP contribution in [0, 0.1) is 0 Å². The fourth-order valence-corrected chi connectivity index (χ4v) is 1.75. The lowest BCUT2D eigenvalue weighted by Crippen LogP contribution is -2.05. The quantitative estimate of drug-likeness (QED) is 0.348. The van der Waals surface area contributed by atoms with E-state index in [1.165, 1.54) is 6.08 Å². The molecule has 0 aliphatic rings. The summed E-state index contributed by atoms with van der Waals surface area (Å²) < 4.78 is 0. The second-order valence-corrected chi connectivity index (χ2v) is 4.33. The van der Waals surface area contributed by atoms with Gasteiger partial charge in [0.15, 0.2) is 5.75 Å². The molecule has 0 fully saturated rings. The zero-order chi connectivity index (χ0) is 14.9. The molecule has 106 valence electrons. The highest BCUT2D eigenvalue weighted by Crippen LogP contribution is 2.19. The minimum Gasteiger partial charge on any atom is -0.286 e. The highest BCUT2D eigenvalue weighted by molar-refractivity contribution is 5.86. The fraction of sp³-hybridized carbons (Fsp3) is 0.0556. The third-order valence-corrected chi connectivity index (χ3v) is 2.76. The molecule has 0 radical (unpaired) electrons. The Hall–Kier alpha value is -2.81. The van der Waals surface area contributed by atoms with Gasteiger partial charge in [0, 0.05) is 11.6 Å². The van der Waals surface area contributed by atoms with E-state index in [-0.39, 0.29) is 0 Å². The number of rotatable bonds is 6. The maximum Gasteiger partial charge on any atom is 0.379 e. The number of para-hydroxylation sites is 1. The molecule has 0 heterocycles. The molecule has 0 aliphatic heterocycles. The van der Waals surface area contributed by atoms with Gasteiger partial charge in [0.2, 0.25) is 0 Å². The van der Waals surface area contributed by atoms with Crippen molar-refractivity contribution in [3.63, 3.8) is 0 Å². The second kappa shape index (κ2) is 7.70. The first-order chi connectivity index (χ1) is 10.3. The van der Waals surface area contributed by atoms with E-state index in [1.54, 1.807) is 18.2 Å². The Morgan fingerprint density at radius 2 is 1.76 bits per heavy atom. The van der Waals surface area contributed by atoms with Crippen LogP contribution in [0.25, 0.3) is 6.08 Å². The van der Waals surface area contributed by atoms with Crippen LogP contribution < -0.4 is 4.89 Å². The van der Waals surface area contributed by atoms with Crippen LogP contribution in [0.3, 0.4) is 0 Å². The molecule has 0 spiro atoms. The maximum absolute atomic E-state index is 11.6. The van der Waals surface area contributed by atoms with Gasteiger partial charge in [0.1, 0.15) is 0 Å². The van der Waals surface area contributed by atoms with Crippen molar-refractivity contribution in [1.29, 1.82) is 0 Å². The minimum atomic E-state index is -0.563. The first-order valence-electron chi connectivity index (χ1n) is 6.60. The molecular formula is C18H16O3. The van der Waals surface area contributed by atoms with Gasteiger partial charge in [0.25, 0.3) is 0 Å². The SMILES string of the molecule is C=CCc1ccccc1OOC(=O)C=Cc1ccccc1. The number of allylic oxidation sites excluding steroid dienone is 1. The summed E-state index contributed by atoms with van der Waals surface area (Å²) in [6.45, 7) is 3.68. The molecule has 2 rings (SSSR count). The average Bonchev–Trinajstić information content (AvgIpc) is 2.53. The molecule has 0 unspecified atom stereocenters. The van der Waals surface area contributed by atoms with Crippen LogP contribution in [0.1, 0.15) is 11.1 Å². The molecule has 21 heavy (non-hydrogen) atoms. The van der Waals surface area contributed by atoms with Crippen LogP contribution in [0.15, 0.2) is 73.3 Å². The summed E-state index contributed by atoms with van der Waals surface area (Å²) in [7, 11) is 0. The predicted octanol–water partition coefficient (Wildman–Crippen LogP) is 3.97. The van der Waals surface area contributed by atoms with E-state index < -0.39 is 5.97 Å². The van der Waals surface area contributed by atoms with Gasteiger partial charge in [0.05, 0.1) is 0 Å². The Bertz CT molecular complexity index is 630. The summed E-state index contributed by atoms with van der Waals surface area (Å²) in [6, 6.07) is 16.8. The first-order valence-corrected chi connectivity index (χ1v) is 6.60. The van der Waals surface area contributed by atoms with Crippen molar-refractivity contribution in [3.05, 3.63) is 84.5 Å². The maximum atomic E-state index is 11.6. The molecule has 0 aliphatic carbocycles. The number of benzene rings is 2. The summed E-state index contributed by atoms with van der Waals surface area (Å²) >= 11 is 0. The largest absolute Gasteiger partial charge is 0.379 e. The Balaban J connectivity index is 1.92. The lowest BCUT2D eigenvalue weighted by Gasteiger charge is -2.06. The first kappa shape index (κ1) is 14.6. The Morgan fingerprint density at radius 3 is 2.52 bits per heavy atom. The van der Waals surface area contributed by atoms with Gasteiger partial charge < -0.3 is 0 Å². The second-order valence-electron chi connectivity index (χ2n) is 4.33. The van der Waals surface area contributed by atoms with E-state index in [1.807, 2.05) is 48.5 Å². The number of carbonyl (C=O) groups excluding carboxylic acids is 1. The molecule has 3 heteroatoms. The zero-order valence-corrected chi connectivity index (χ0v) is 11.6. The fourth-order valence-electron chi connectivity index (χ4n) is 1.75. The van der Waals surface area contributed by atoms with Crippen LogP contribution in [0.5, 0.6) is 5.75 Å². The number of hydrogen-bond donors (Lipinski definition) is 0. The smallest absolute Gasteiger partial charge is 0.286 e. The van der Waals surface area contributed by atoms with Gasteiger partial charge >= 0.3 is 5.97 Å². The van der Waals surface area contributed by atoms with Crippen molar-refractivity contribution in [3.8, 4) is 5.75 Å². The highest BCUT2D eigenvalue weighted by atomic mass is 17.2. The van der Waals surface area contributed by atoms with Gasteiger partial charge in [-0.15, -0.1) is 6.58 Å². The van der Waals surface area contributed by atoms with Crippen LogP contribution >= 0.6 is 0 Å². The summed E-state index contributed by atoms with van der Waals surface area (Å²) in [5, 5.41) is 0. The van der Waals surface area contributed by atoms with Gasteiger partial charge in [-0.05, 0) is 24.1 Å². The molecule has 2 aromatic carbocycles. The molecule has 0 saturated heterocycles. The molecule has 0 bridgehead atoms. The van der Waals surface area contributed by atoms with Crippen molar-refractivity contribution in [1.82, 2.24) is 0 Å². The van der Waals surface area contributed by atoms with E-state index >= 15 is 0 Å². The van der Waals surface area contributed by atoms with Crippen molar-refractivity contribution < 1.29 is 14.6 Å². The summed E-state index contributed by atoms with van der Waals surface area (Å²) in [4.78, 5) is 21.5. The van der Waals surface area contributed by atoms with E-state index in [9.17, 15) is 4.79 Å². The van der Waals surface area contributed by atoms with Gasteiger partial charge in [-0.2, -0.15) is 0 Å². The lowest BCUT2D eigenvalue weighted by molar-refractivity contribution is -0.207. The lowest BCUT2D eigenvalue weighted by atomic mass is 10.1. The van der Waals surface area contributed by atoms with E-state index in [0.717, 1.165) is 11.1 Å². The van der Waals surface area contributed by atoms with Crippen LogP contribution in [0.2, 0.25) is 0 Å². The van der Waals surface area contributed by atoms with E-state index in [0.29, 0.717) is 12.2 Å². The van der Waals surface area contributed by atoms with Gasteiger partial charge in [-0.3, -0.25) is 4.89 Å². The Morgan fingerprint density at radius 1 is 1.05 bits per heavy atom. The molecular weight excluding hydrogens is 264 g/mol. The van der Waals surface area contributed by atoms with Crippen molar-refractivity contribution >= 4 is 12.0 Å². The van der Waals surface area contributed by atoms with Crippen LogP contribution in [-0.2, 0) is 16.1 Å². The standard InChI is InChI=1S/C18H16O3/c1-2-8-16-11-6-7-12-17(16)20-21-18(19)14-13-15-9-4-3-5-10-15/h2-7,9-14H,1,8H2. The third-order valence-electron chi connectivity index (χ3n) is 2.76. The predicted molar refractivity (Wildman–Crippen MR) is 82.5 cm³/mol. The molecule has 2 aromatic rings. The van der Waals surface area contributed by atoms with Crippen molar-refractivity contribution in [2.24, 2.45) is 0 Å². The third kappa shape index (κ3) is 4.66. The molecule has 0 saturated carbocycles. The molecule has 0 aromatic heterocycles. The van der Waals surface area contributed by atoms with E-state index in [4.69, 9.17) is 9.78 Å². The van der Waals surface area contributed by atoms with Gasteiger partial charge in [-0.25, -0.2) is 9.68 Å². The van der Waals surface area contributed by atoms with Crippen LogP contribution in [0.4, 0.5) is 0 Å². The Labute approximate surface area is 124 Å².